The van der Waals surface area contributed by atoms with Crippen LogP contribution in [0, 0.1) is 0 Å². The Morgan fingerprint density at radius 1 is 1.30 bits per heavy atom. The minimum Gasteiger partial charge on any atom is -0.467 e. The fourth-order valence-electron chi connectivity index (χ4n) is 2.07. The third kappa shape index (κ3) is 3.20. The molecule has 0 bridgehead atoms. The molecule has 1 N–H and O–H groups in total. The lowest BCUT2D eigenvalue weighted by atomic mass is 10.1. The van der Waals surface area contributed by atoms with Crippen LogP contribution in [-0.4, -0.2) is 24.9 Å². The summed E-state index contributed by atoms with van der Waals surface area (Å²) < 4.78 is 5.44. The quantitative estimate of drug-likeness (QED) is 0.905. The Labute approximate surface area is 119 Å². The standard InChI is InChI=1S/C16H20N2O2/c1-4-14(15-9-6-10-20-15)17-13-8-5-7-12(11-13)16(19)18(2)3/h5-11,14,17H,4H2,1-3H3. The topological polar surface area (TPSA) is 45.5 Å². The Kier molecular flexibility index (Phi) is 4.45. The van der Waals surface area contributed by atoms with Crippen molar-refractivity contribution in [3.63, 3.8) is 0 Å². The summed E-state index contributed by atoms with van der Waals surface area (Å²) >= 11 is 0. The summed E-state index contributed by atoms with van der Waals surface area (Å²) in [5.74, 6) is 0.900. The molecular formula is C16H20N2O2. The van der Waals surface area contributed by atoms with Crippen LogP contribution in [0.25, 0.3) is 0 Å². The molecule has 0 aliphatic heterocycles. The molecular weight excluding hydrogens is 252 g/mol. The minimum atomic E-state index is -0.000280. The van der Waals surface area contributed by atoms with Gasteiger partial charge in [-0.25, -0.2) is 0 Å². The van der Waals surface area contributed by atoms with Crippen LogP contribution in [0.15, 0.2) is 47.1 Å². The number of nitrogens with one attached hydrogen (secondary N) is 1. The number of benzene rings is 1. The predicted octanol–water partition coefficient (Wildman–Crippen LogP) is 3.54. The normalized spacial score (nSPS) is 11.9. The first-order chi connectivity index (χ1) is 9.61. The predicted molar refractivity (Wildman–Crippen MR) is 79.8 cm³/mol. The molecule has 0 radical (unpaired) electrons. The van der Waals surface area contributed by atoms with Gasteiger partial charge in [0.2, 0.25) is 0 Å². The Morgan fingerprint density at radius 2 is 2.10 bits per heavy atom. The van der Waals surface area contributed by atoms with E-state index < -0.39 is 0 Å². The summed E-state index contributed by atoms with van der Waals surface area (Å²) in [6, 6.07) is 11.5. The van der Waals surface area contributed by atoms with Gasteiger partial charge in [-0.15, -0.1) is 0 Å². The van der Waals surface area contributed by atoms with E-state index in [0.717, 1.165) is 17.9 Å². The number of amides is 1. The van der Waals surface area contributed by atoms with Gasteiger partial charge >= 0.3 is 0 Å². The molecule has 1 heterocycles. The Bertz CT molecular complexity index is 562. The molecule has 2 rings (SSSR count). The molecule has 0 aliphatic carbocycles. The van der Waals surface area contributed by atoms with Crippen LogP contribution in [-0.2, 0) is 0 Å². The number of furan rings is 1. The lowest BCUT2D eigenvalue weighted by Gasteiger charge is -2.17. The molecule has 0 saturated carbocycles. The van der Waals surface area contributed by atoms with Crippen molar-refractivity contribution in [1.82, 2.24) is 4.90 Å². The summed E-state index contributed by atoms with van der Waals surface area (Å²) in [6.07, 6.45) is 2.57. The first-order valence-corrected chi connectivity index (χ1v) is 6.73. The molecule has 4 heteroatoms. The van der Waals surface area contributed by atoms with Gasteiger partial charge in [-0.2, -0.15) is 0 Å². The Hall–Kier alpha value is -2.23. The molecule has 4 nitrogen and oxygen atoms in total. The van der Waals surface area contributed by atoms with Crippen molar-refractivity contribution < 1.29 is 9.21 Å². The van der Waals surface area contributed by atoms with Gasteiger partial charge in [0, 0.05) is 25.3 Å². The first kappa shape index (κ1) is 14.2. The number of carbonyl (C=O) groups is 1. The van der Waals surface area contributed by atoms with E-state index in [1.54, 1.807) is 25.3 Å². The third-order valence-electron chi connectivity index (χ3n) is 3.15. The molecule has 106 valence electrons. The van der Waals surface area contributed by atoms with Gasteiger partial charge in [-0.1, -0.05) is 13.0 Å². The highest BCUT2D eigenvalue weighted by molar-refractivity contribution is 5.94. The molecule has 1 aromatic heterocycles. The first-order valence-electron chi connectivity index (χ1n) is 6.73. The summed E-state index contributed by atoms with van der Waals surface area (Å²) in [6.45, 7) is 2.09. The van der Waals surface area contributed by atoms with Crippen LogP contribution >= 0.6 is 0 Å². The van der Waals surface area contributed by atoms with E-state index in [4.69, 9.17) is 4.42 Å². The average molecular weight is 272 g/mol. The molecule has 1 amide bonds. The maximum Gasteiger partial charge on any atom is 0.253 e. The van der Waals surface area contributed by atoms with Crippen LogP contribution in [0.3, 0.4) is 0 Å². The molecule has 0 spiro atoms. The zero-order valence-corrected chi connectivity index (χ0v) is 12.1. The second kappa shape index (κ2) is 6.28. The molecule has 20 heavy (non-hydrogen) atoms. The van der Waals surface area contributed by atoms with Crippen LogP contribution in [0.5, 0.6) is 0 Å². The Balaban J connectivity index is 2.17. The maximum absolute atomic E-state index is 12.0. The highest BCUT2D eigenvalue weighted by Gasteiger charge is 2.13. The molecule has 0 saturated heterocycles. The van der Waals surface area contributed by atoms with Crippen molar-refractivity contribution >= 4 is 11.6 Å². The minimum absolute atomic E-state index is 0.000280. The average Bonchev–Trinajstić information content (AvgIpc) is 2.98. The summed E-state index contributed by atoms with van der Waals surface area (Å²) in [5.41, 5.74) is 1.59. The van der Waals surface area contributed by atoms with E-state index in [1.165, 1.54) is 0 Å². The van der Waals surface area contributed by atoms with E-state index in [2.05, 4.69) is 12.2 Å². The van der Waals surface area contributed by atoms with Crippen molar-refractivity contribution in [3.05, 3.63) is 54.0 Å². The van der Waals surface area contributed by atoms with Gasteiger partial charge in [-0.3, -0.25) is 4.79 Å². The lowest BCUT2D eigenvalue weighted by Crippen LogP contribution is -2.21. The number of hydrogen-bond donors (Lipinski definition) is 1. The van der Waals surface area contributed by atoms with Gasteiger partial charge in [0.05, 0.1) is 12.3 Å². The zero-order valence-electron chi connectivity index (χ0n) is 12.1. The highest BCUT2D eigenvalue weighted by Crippen LogP contribution is 2.23. The number of nitrogens with zero attached hydrogens (tertiary/aromatic N) is 1. The highest BCUT2D eigenvalue weighted by atomic mass is 16.3. The third-order valence-corrected chi connectivity index (χ3v) is 3.15. The second-order valence-corrected chi connectivity index (χ2v) is 4.90. The zero-order chi connectivity index (χ0) is 14.5. The van der Waals surface area contributed by atoms with Gasteiger partial charge in [-0.05, 0) is 36.8 Å². The lowest BCUT2D eigenvalue weighted by molar-refractivity contribution is 0.0827. The fraction of sp³-hybridized carbons (Fsp3) is 0.312. The largest absolute Gasteiger partial charge is 0.467 e. The van der Waals surface area contributed by atoms with Crippen molar-refractivity contribution in [2.24, 2.45) is 0 Å². The van der Waals surface area contributed by atoms with Crippen LogP contribution in [0.1, 0.15) is 35.5 Å². The molecule has 0 fully saturated rings. The van der Waals surface area contributed by atoms with E-state index in [9.17, 15) is 4.79 Å². The smallest absolute Gasteiger partial charge is 0.253 e. The summed E-state index contributed by atoms with van der Waals surface area (Å²) in [4.78, 5) is 13.5. The maximum atomic E-state index is 12.0. The summed E-state index contributed by atoms with van der Waals surface area (Å²) in [5, 5.41) is 3.40. The van der Waals surface area contributed by atoms with Crippen molar-refractivity contribution in [3.8, 4) is 0 Å². The Morgan fingerprint density at radius 3 is 2.70 bits per heavy atom. The van der Waals surface area contributed by atoms with Gasteiger partial charge < -0.3 is 14.6 Å². The van der Waals surface area contributed by atoms with Crippen molar-refractivity contribution in [2.75, 3.05) is 19.4 Å². The number of carbonyl (C=O) groups excluding carboxylic acids is 1. The van der Waals surface area contributed by atoms with Gasteiger partial charge in [0.15, 0.2) is 0 Å². The van der Waals surface area contributed by atoms with Gasteiger partial charge in [0.1, 0.15) is 5.76 Å². The molecule has 1 aromatic carbocycles. The van der Waals surface area contributed by atoms with E-state index in [-0.39, 0.29) is 11.9 Å². The molecule has 0 aliphatic rings. The van der Waals surface area contributed by atoms with Crippen LogP contribution in [0.2, 0.25) is 0 Å². The monoisotopic (exact) mass is 272 g/mol. The second-order valence-electron chi connectivity index (χ2n) is 4.90. The number of rotatable bonds is 5. The van der Waals surface area contributed by atoms with Gasteiger partial charge in [0.25, 0.3) is 5.91 Å². The van der Waals surface area contributed by atoms with Crippen molar-refractivity contribution in [1.29, 1.82) is 0 Å². The summed E-state index contributed by atoms with van der Waals surface area (Å²) in [7, 11) is 3.50. The van der Waals surface area contributed by atoms with Crippen LogP contribution < -0.4 is 5.32 Å². The SMILES string of the molecule is CCC(Nc1cccc(C(=O)N(C)C)c1)c1ccco1. The van der Waals surface area contributed by atoms with E-state index >= 15 is 0 Å². The van der Waals surface area contributed by atoms with Crippen molar-refractivity contribution in [2.45, 2.75) is 19.4 Å². The number of hydrogen-bond acceptors (Lipinski definition) is 3. The molecule has 1 atom stereocenters. The fourth-order valence-corrected chi connectivity index (χ4v) is 2.07. The molecule has 2 aromatic rings. The number of anilines is 1. The van der Waals surface area contributed by atoms with Crippen LogP contribution in [0.4, 0.5) is 5.69 Å². The van der Waals surface area contributed by atoms with E-state index in [1.807, 2.05) is 36.4 Å². The molecule has 1 unspecified atom stereocenters. The van der Waals surface area contributed by atoms with E-state index in [0.29, 0.717) is 5.56 Å².